The first-order valence-electron chi connectivity index (χ1n) is 8.67. The Morgan fingerprint density at radius 2 is 2.19 bits per heavy atom. The van der Waals surface area contributed by atoms with Crippen molar-refractivity contribution >= 4 is 5.82 Å². The minimum atomic E-state index is 0.581. The molecule has 0 aromatic carbocycles. The van der Waals surface area contributed by atoms with Crippen LogP contribution in [0.3, 0.4) is 0 Å². The zero-order valence-corrected chi connectivity index (χ0v) is 13.7. The molecule has 1 N–H and O–H groups in total. The van der Waals surface area contributed by atoms with E-state index in [0.29, 0.717) is 12.0 Å². The fourth-order valence-electron chi connectivity index (χ4n) is 3.45. The summed E-state index contributed by atoms with van der Waals surface area (Å²) in [6.07, 6.45) is 7.38. The van der Waals surface area contributed by atoms with Crippen molar-refractivity contribution in [2.24, 2.45) is 0 Å². The number of aromatic nitrogens is 1. The van der Waals surface area contributed by atoms with Crippen LogP contribution in [0.25, 0.3) is 0 Å². The lowest BCUT2D eigenvalue weighted by molar-refractivity contribution is 0.429. The van der Waals surface area contributed by atoms with Gasteiger partial charge in [-0.25, -0.2) is 4.98 Å². The number of nitrogens with zero attached hydrogens (tertiary/aromatic N) is 2. The summed E-state index contributed by atoms with van der Waals surface area (Å²) in [5, 5.41) is 3.63. The highest BCUT2D eigenvalue weighted by Crippen LogP contribution is 2.44. The molecule has 3 nitrogen and oxygen atoms in total. The van der Waals surface area contributed by atoms with Gasteiger partial charge in [-0.05, 0) is 48.3 Å². The molecule has 1 unspecified atom stereocenters. The zero-order chi connectivity index (χ0) is 14.8. The molecule has 3 heteroatoms. The summed E-state index contributed by atoms with van der Waals surface area (Å²) < 4.78 is 0. The van der Waals surface area contributed by atoms with Crippen LogP contribution in [0.15, 0.2) is 12.3 Å². The van der Waals surface area contributed by atoms with E-state index in [0.717, 1.165) is 25.6 Å². The van der Waals surface area contributed by atoms with E-state index in [-0.39, 0.29) is 0 Å². The van der Waals surface area contributed by atoms with Gasteiger partial charge in [0.05, 0.1) is 0 Å². The highest BCUT2D eigenvalue weighted by atomic mass is 15.2. The predicted molar refractivity (Wildman–Crippen MR) is 89.2 cm³/mol. The third-order valence-electron chi connectivity index (χ3n) is 4.81. The number of hydrogen-bond acceptors (Lipinski definition) is 3. The standard InChI is InChI=1S/C18H29N3/c1-4-5-15-12-21(9-8-19-15)18-10-16(14-6-7-14)17(11-20-18)13(2)3/h10-11,13-15,19H,4-9,12H2,1-3H3. The van der Waals surface area contributed by atoms with Gasteiger partial charge >= 0.3 is 0 Å². The molecule has 1 aliphatic carbocycles. The van der Waals surface area contributed by atoms with Crippen molar-refractivity contribution in [1.29, 1.82) is 0 Å². The Bertz CT molecular complexity index is 477. The van der Waals surface area contributed by atoms with Crippen LogP contribution in [-0.4, -0.2) is 30.7 Å². The molecule has 21 heavy (non-hydrogen) atoms. The fraction of sp³-hybridized carbons (Fsp3) is 0.722. The average molecular weight is 287 g/mol. The quantitative estimate of drug-likeness (QED) is 0.896. The summed E-state index contributed by atoms with van der Waals surface area (Å²) in [4.78, 5) is 7.27. The van der Waals surface area contributed by atoms with Crippen LogP contribution in [0.2, 0.25) is 0 Å². The topological polar surface area (TPSA) is 28.2 Å². The van der Waals surface area contributed by atoms with E-state index in [1.54, 1.807) is 5.56 Å². The van der Waals surface area contributed by atoms with Gasteiger partial charge in [-0.2, -0.15) is 0 Å². The van der Waals surface area contributed by atoms with Crippen LogP contribution in [0.1, 0.15) is 69.4 Å². The average Bonchev–Trinajstić information content (AvgIpc) is 3.32. The maximum absolute atomic E-state index is 4.79. The second-order valence-electron chi connectivity index (χ2n) is 6.99. The van der Waals surface area contributed by atoms with E-state index in [4.69, 9.17) is 4.98 Å². The van der Waals surface area contributed by atoms with Crippen LogP contribution < -0.4 is 10.2 Å². The van der Waals surface area contributed by atoms with Crippen LogP contribution in [0, 0.1) is 0 Å². The Labute approximate surface area is 129 Å². The first-order chi connectivity index (χ1) is 10.2. The highest BCUT2D eigenvalue weighted by molar-refractivity contribution is 5.47. The Balaban J connectivity index is 1.80. The van der Waals surface area contributed by atoms with Crippen LogP contribution in [-0.2, 0) is 0 Å². The molecule has 1 aromatic rings. The van der Waals surface area contributed by atoms with Crippen molar-refractivity contribution in [3.63, 3.8) is 0 Å². The molecule has 0 radical (unpaired) electrons. The third-order valence-corrected chi connectivity index (χ3v) is 4.81. The van der Waals surface area contributed by atoms with Crippen molar-refractivity contribution < 1.29 is 0 Å². The predicted octanol–water partition coefficient (Wildman–Crippen LogP) is 3.66. The highest BCUT2D eigenvalue weighted by Gasteiger charge is 2.28. The molecule has 0 bridgehead atoms. The Hall–Kier alpha value is -1.09. The molecule has 1 saturated carbocycles. The lowest BCUT2D eigenvalue weighted by atomic mass is 9.96. The number of hydrogen-bond donors (Lipinski definition) is 1. The number of nitrogens with one attached hydrogen (secondary N) is 1. The molecular weight excluding hydrogens is 258 g/mol. The lowest BCUT2D eigenvalue weighted by Gasteiger charge is -2.35. The van der Waals surface area contributed by atoms with Gasteiger partial charge in [-0.15, -0.1) is 0 Å². The molecule has 0 amide bonds. The minimum Gasteiger partial charge on any atom is -0.354 e. The summed E-state index contributed by atoms with van der Waals surface area (Å²) in [6.45, 7) is 10.1. The largest absolute Gasteiger partial charge is 0.354 e. The molecule has 1 saturated heterocycles. The molecule has 116 valence electrons. The monoisotopic (exact) mass is 287 g/mol. The minimum absolute atomic E-state index is 0.581. The molecule has 2 aliphatic rings. The van der Waals surface area contributed by atoms with Crippen molar-refractivity contribution in [2.75, 3.05) is 24.5 Å². The van der Waals surface area contributed by atoms with E-state index in [9.17, 15) is 0 Å². The van der Waals surface area contributed by atoms with Gasteiger partial charge in [-0.3, -0.25) is 0 Å². The smallest absolute Gasteiger partial charge is 0.128 e. The maximum atomic E-state index is 4.79. The van der Waals surface area contributed by atoms with Gasteiger partial charge in [0.15, 0.2) is 0 Å². The van der Waals surface area contributed by atoms with E-state index < -0.39 is 0 Å². The van der Waals surface area contributed by atoms with Crippen LogP contribution in [0.4, 0.5) is 5.82 Å². The summed E-state index contributed by atoms with van der Waals surface area (Å²) in [5.41, 5.74) is 3.03. The molecule has 3 rings (SSSR count). The van der Waals surface area contributed by atoms with Crippen molar-refractivity contribution in [1.82, 2.24) is 10.3 Å². The van der Waals surface area contributed by atoms with Crippen molar-refractivity contribution in [3.8, 4) is 0 Å². The molecule has 1 aromatic heterocycles. The first kappa shape index (κ1) is 14.8. The van der Waals surface area contributed by atoms with E-state index in [1.165, 1.54) is 37.1 Å². The Kier molecular flexibility index (Phi) is 4.48. The van der Waals surface area contributed by atoms with Gasteiger partial charge in [0, 0.05) is 31.9 Å². The van der Waals surface area contributed by atoms with E-state index in [1.807, 2.05) is 0 Å². The fourth-order valence-corrected chi connectivity index (χ4v) is 3.45. The third kappa shape index (κ3) is 3.39. The SMILES string of the molecule is CCCC1CN(c2cc(C3CC3)c(C(C)C)cn2)CCN1. The van der Waals surface area contributed by atoms with E-state index >= 15 is 0 Å². The zero-order valence-electron chi connectivity index (χ0n) is 13.7. The number of pyridine rings is 1. The summed E-state index contributed by atoms with van der Waals surface area (Å²) in [6, 6.07) is 3.01. The lowest BCUT2D eigenvalue weighted by Crippen LogP contribution is -2.51. The van der Waals surface area contributed by atoms with E-state index in [2.05, 4.69) is 43.3 Å². The normalized spacial score (nSPS) is 22.9. The van der Waals surface area contributed by atoms with Gasteiger partial charge in [0.2, 0.25) is 0 Å². The van der Waals surface area contributed by atoms with Gasteiger partial charge < -0.3 is 10.2 Å². The molecule has 1 atom stereocenters. The number of rotatable bonds is 5. The molecular formula is C18H29N3. The Morgan fingerprint density at radius 3 is 2.86 bits per heavy atom. The van der Waals surface area contributed by atoms with Gasteiger partial charge in [0.1, 0.15) is 5.82 Å². The number of piperazine rings is 1. The summed E-state index contributed by atoms with van der Waals surface area (Å²) >= 11 is 0. The van der Waals surface area contributed by atoms with Crippen molar-refractivity contribution in [3.05, 3.63) is 23.4 Å². The number of anilines is 1. The molecule has 1 aliphatic heterocycles. The summed E-state index contributed by atoms with van der Waals surface area (Å²) in [5.74, 6) is 2.58. The maximum Gasteiger partial charge on any atom is 0.128 e. The summed E-state index contributed by atoms with van der Waals surface area (Å²) in [7, 11) is 0. The molecule has 2 heterocycles. The first-order valence-corrected chi connectivity index (χ1v) is 8.67. The molecule has 0 spiro atoms. The van der Waals surface area contributed by atoms with Crippen LogP contribution >= 0.6 is 0 Å². The van der Waals surface area contributed by atoms with Gasteiger partial charge in [0.25, 0.3) is 0 Å². The van der Waals surface area contributed by atoms with Crippen LogP contribution in [0.5, 0.6) is 0 Å². The Morgan fingerprint density at radius 1 is 1.38 bits per heavy atom. The molecule has 2 fully saturated rings. The van der Waals surface area contributed by atoms with Gasteiger partial charge in [-0.1, -0.05) is 27.2 Å². The second kappa shape index (κ2) is 6.35. The second-order valence-corrected chi connectivity index (χ2v) is 6.99. The van der Waals surface area contributed by atoms with Crippen molar-refractivity contribution in [2.45, 2.75) is 64.3 Å².